The van der Waals surface area contributed by atoms with Crippen molar-refractivity contribution < 1.29 is 12.9 Å². The number of hydrogen-bond acceptors (Lipinski definition) is 7. The maximum atomic E-state index is 13.0. The van der Waals surface area contributed by atoms with E-state index in [4.69, 9.17) is 4.52 Å². The minimum Gasteiger partial charge on any atom is -0.339 e. The Labute approximate surface area is 157 Å². The lowest BCUT2D eigenvalue weighted by molar-refractivity contribution is 0.216. The van der Waals surface area contributed by atoms with Crippen LogP contribution in [0, 0.1) is 20.8 Å². The monoisotopic (exact) mass is 385 g/mol. The van der Waals surface area contributed by atoms with E-state index in [0.29, 0.717) is 35.4 Å². The maximum absolute atomic E-state index is 13.0. The molecule has 1 fully saturated rings. The van der Waals surface area contributed by atoms with Crippen LogP contribution in [0.1, 0.15) is 28.5 Å². The molecule has 3 heterocycles. The lowest BCUT2D eigenvalue weighted by Crippen LogP contribution is -2.48. The van der Waals surface area contributed by atoms with E-state index in [9.17, 15) is 8.42 Å². The molecule has 1 saturated heterocycles. The van der Waals surface area contributed by atoms with Crippen molar-refractivity contribution in [2.45, 2.75) is 31.6 Å². The summed E-state index contributed by atoms with van der Waals surface area (Å²) in [6, 6.07) is 3.78. The average Bonchev–Trinajstić information content (AvgIpc) is 3.02. The van der Waals surface area contributed by atoms with Gasteiger partial charge in [0.2, 0.25) is 21.7 Å². The topological polar surface area (TPSA) is 102 Å². The molecule has 0 saturated carbocycles. The number of hydrogen-bond donors (Lipinski definition) is 0. The summed E-state index contributed by atoms with van der Waals surface area (Å²) in [5, 5.41) is 3.92. The SMILES string of the molecule is Cc1cc(C)c(S(=O)(=O)N2CC(c3nc(-c4cnccn4)no3)C2)c(C)c1. The number of sulfonamides is 1. The van der Waals surface area contributed by atoms with Crippen molar-refractivity contribution in [3.8, 4) is 11.5 Å². The Hall–Kier alpha value is -2.65. The van der Waals surface area contributed by atoms with Crippen molar-refractivity contribution in [2.75, 3.05) is 13.1 Å². The molecule has 3 aromatic rings. The number of aromatic nitrogens is 4. The first-order valence-corrected chi connectivity index (χ1v) is 9.98. The van der Waals surface area contributed by atoms with Gasteiger partial charge in [0.1, 0.15) is 5.69 Å². The fourth-order valence-corrected chi connectivity index (χ4v) is 5.36. The van der Waals surface area contributed by atoms with Crippen LogP contribution in [-0.2, 0) is 10.0 Å². The van der Waals surface area contributed by atoms with Crippen LogP contribution in [0.5, 0.6) is 0 Å². The van der Waals surface area contributed by atoms with Gasteiger partial charge in [-0.15, -0.1) is 0 Å². The molecule has 0 spiro atoms. The Morgan fingerprint density at radius 1 is 1.11 bits per heavy atom. The van der Waals surface area contributed by atoms with Crippen LogP contribution in [-0.4, -0.2) is 45.9 Å². The molecular formula is C18H19N5O3S. The average molecular weight is 385 g/mol. The van der Waals surface area contributed by atoms with Gasteiger partial charge in [0, 0.05) is 25.5 Å². The van der Waals surface area contributed by atoms with Gasteiger partial charge >= 0.3 is 0 Å². The molecule has 0 atom stereocenters. The third kappa shape index (κ3) is 3.13. The highest BCUT2D eigenvalue weighted by Crippen LogP contribution is 2.34. The number of benzene rings is 1. The lowest BCUT2D eigenvalue weighted by Gasteiger charge is -2.36. The van der Waals surface area contributed by atoms with Crippen LogP contribution in [0.25, 0.3) is 11.5 Å². The van der Waals surface area contributed by atoms with E-state index in [2.05, 4.69) is 20.1 Å². The van der Waals surface area contributed by atoms with E-state index in [-0.39, 0.29) is 5.92 Å². The van der Waals surface area contributed by atoms with Crippen molar-refractivity contribution in [3.05, 3.63) is 53.3 Å². The number of aryl methyl sites for hydroxylation is 3. The van der Waals surface area contributed by atoms with E-state index in [0.717, 1.165) is 16.7 Å². The number of nitrogens with zero attached hydrogens (tertiary/aromatic N) is 5. The third-order valence-electron chi connectivity index (χ3n) is 4.63. The summed E-state index contributed by atoms with van der Waals surface area (Å²) < 4.78 is 32.8. The second-order valence-corrected chi connectivity index (χ2v) is 8.67. The molecule has 0 radical (unpaired) electrons. The van der Waals surface area contributed by atoms with Crippen LogP contribution >= 0.6 is 0 Å². The van der Waals surface area contributed by atoms with Gasteiger partial charge in [-0.1, -0.05) is 22.9 Å². The first-order valence-electron chi connectivity index (χ1n) is 8.54. The van der Waals surface area contributed by atoms with Crippen LogP contribution in [0.3, 0.4) is 0 Å². The molecule has 0 bridgehead atoms. The molecule has 0 aliphatic carbocycles. The van der Waals surface area contributed by atoms with Gasteiger partial charge in [-0.25, -0.2) is 13.4 Å². The Bertz CT molecular complexity index is 1070. The Balaban J connectivity index is 1.52. The fourth-order valence-electron chi connectivity index (χ4n) is 3.41. The Morgan fingerprint density at radius 3 is 2.44 bits per heavy atom. The second kappa shape index (κ2) is 6.50. The second-order valence-electron chi connectivity index (χ2n) is 6.79. The zero-order valence-corrected chi connectivity index (χ0v) is 16.1. The van der Waals surface area contributed by atoms with E-state index in [1.165, 1.54) is 4.31 Å². The minimum absolute atomic E-state index is 0.122. The van der Waals surface area contributed by atoms with Gasteiger partial charge in [-0.2, -0.15) is 9.29 Å². The number of rotatable bonds is 4. The highest BCUT2D eigenvalue weighted by atomic mass is 32.2. The molecule has 1 aliphatic heterocycles. The molecule has 140 valence electrons. The summed E-state index contributed by atoms with van der Waals surface area (Å²) >= 11 is 0. The Morgan fingerprint density at radius 2 is 1.81 bits per heavy atom. The van der Waals surface area contributed by atoms with Gasteiger partial charge in [0.05, 0.1) is 17.0 Å². The normalized spacial score (nSPS) is 15.7. The molecule has 1 aromatic carbocycles. The van der Waals surface area contributed by atoms with Crippen LogP contribution in [0.15, 0.2) is 40.1 Å². The van der Waals surface area contributed by atoms with Gasteiger partial charge in [-0.3, -0.25) is 4.98 Å². The first-order chi connectivity index (χ1) is 12.9. The summed E-state index contributed by atoms with van der Waals surface area (Å²) in [5.41, 5.74) is 3.09. The van der Waals surface area contributed by atoms with Gasteiger partial charge in [-0.05, 0) is 31.9 Å². The van der Waals surface area contributed by atoms with Gasteiger partial charge in [0.25, 0.3) is 0 Å². The smallest absolute Gasteiger partial charge is 0.243 e. The van der Waals surface area contributed by atoms with Gasteiger partial charge in [0.15, 0.2) is 0 Å². The minimum atomic E-state index is -3.55. The largest absolute Gasteiger partial charge is 0.339 e. The van der Waals surface area contributed by atoms with E-state index in [1.807, 2.05) is 32.9 Å². The summed E-state index contributed by atoms with van der Waals surface area (Å²) in [4.78, 5) is 12.8. The van der Waals surface area contributed by atoms with Crippen molar-refractivity contribution in [3.63, 3.8) is 0 Å². The van der Waals surface area contributed by atoms with Gasteiger partial charge < -0.3 is 4.52 Å². The summed E-state index contributed by atoms with van der Waals surface area (Å²) in [6.07, 6.45) is 4.67. The zero-order valence-electron chi connectivity index (χ0n) is 15.2. The van der Waals surface area contributed by atoms with E-state index in [1.54, 1.807) is 18.6 Å². The predicted molar refractivity (Wildman–Crippen MR) is 97.5 cm³/mol. The van der Waals surface area contributed by atoms with Crippen LogP contribution in [0.2, 0.25) is 0 Å². The molecule has 0 amide bonds. The lowest BCUT2D eigenvalue weighted by atomic mass is 10.0. The molecule has 2 aromatic heterocycles. The molecule has 9 heteroatoms. The molecule has 1 aliphatic rings. The summed E-state index contributed by atoms with van der Waals surface area (Å²) in [6.45, 7) is 6.25. The zero-order chi connectivity index (χ0) is 19.2. The highest BCUT2D eigenvalue weighted by Gasteiger charge is 2.41. The molecule has 0 unspecified atom stereocenters. The standard InChI is InChI=1S/C18H19N5O3S/c1-11-6-12(2)16(13(3)7-11)27(24,25)23-9-14(10-23)18-21-17(22-26-18)15-8-19-4-5-20-15/h4-8,14H,9-10H2,1-3H3. The van der Waals surface area contributed by atoms with E-state index < -0.39 is 10.0 Å². The molecule has 8 nitrogen and oxygen atoms in total. The van der Waals surface area contributed by atoms with Crippen LogP contribution < -0.4 is 0 Å². The quantitative estimate of drug-likeness (QED) is 0.678. The van der Waals surface area contributed by atoms with Crippen molar-refractivity contribution in [1.82, 2.24) is 24.4 Å². The molecule has 27 heavy (non-hydrogen) atoms. The maximum Gasteiger partial charge on any atom is 0.243 e. The summed E-state index contributed by atoms with van der Waals surface area (Å²) in [7, 11) is -3.55. The predicted octanol–water partition coefficient (Wildman–Crippen LogP) is 2.24. The molecule has 4 rings (SSSR count). The van der Waals surface area contributed by atoms with Crippen LogP contribution in [0.4, 0.5) is 0 Å². The molecule has 0 N–H and O–H groups in total. The molecular weight excluding hydrogens is 366 g/mol. The third-order valence-corrected chi connectivity index (χ3v) is 6.77. The highest BCUT2D eigenvalue weighted by molar-refractivity contribution is 7.89. The fraction of sp³-hybridized carbons (Fsp3) is 0.333. The van der Waals surface area contributed by atoms with E-state index >= 15 is 0 Å². The summed E-state index contributed by atoms with van der Waals surface area (Å²) in [5.74, 6) is 0.646. The Kier molecular flexibility index (Phi) is 4.27. The van der Waals surface area contributed by atoms with Crippen molar-refractivity contribution in [1.29, 1.82) is 0 Å². The first kappa shape index (κ1) is 17.7. The van der Waals surface area contributed by atoms with Crippen molar-refractivity contribution in [2.24, 2.45) is 0 Å². The van der Waals surface area contributed by atoms with Crippen molar-refractivity contribution >= 4 is 10.0 Å².